The van der Waals surface area contributed by atoms with E-state index in [1.807, 2.05) is 24.7 Å². The highest BCUT2D eigenvalue weighted by molar-refractivity contribution is 9.11. The molecule has 2 heterocycles. The van der Waals surface area contributed by atoms with E-state index in [9.17, 15) is 4.79 Å². The zero-order valence-electron chi connectivity index (χ0n) is 12.4. The van der Waals surface area contributed by atoms with Crippen LogP contribution >= 0.6 is 27.3 Å². The average Bonchev–Trinajstić information content (AvgIpc) is 3.00. The number of amides is 1. The maximum absolute atomic E-state index is 12.1. The number of aromatic nitrogens is 3. The van der Waals surface area contributed by atoms with E-state index in [0.29, 0.717) is 21.8 Å². The summed E-state index contributed by atoms with van der Waals surface area (Å²) in [5.74, 6) is -0.217. The third-order valence-corrected chi connectivity index (χ3v) is 5.08. The van der Waals surface area contributed by atoms with Crippen LogP contribution in [0.15, 0.2) is 15.5 Å². The van der Waals surface area contributed by atoms with E-state index in [-0.39, 0.29) is 5.91 Å². The maximum Gasteiger partial charge on any atom is 0.275 e. The van der Waals surface area contributed by atoms with Gasteiger partial charge in [0.25, 0.3) is 5.91 Å². The molecule has 0 bridgehead atoms. The van der Waals surface area contributed by atoms with Crippen LogP contribution in [0.4, 0.5) is 5.69 Å². The molecular formula is C14H17BrN4O2S. The molecule has 6 nitrogen and oxygen atoms in total. The van der Waals surface area contributed by atoms with Crippen molar-refractivity contribution in [1.29, 1.82) is 0 Å². The fourth-order valence-electron chi connectivity index (χ4n) is 2.46. The van der Waals surface area contributed by atoms with Crippen LogP contribution in [0.25, 0.3) is 0 Å². The second-order valence-electron chi connectivity index (χ2n) is 5.25. The highest BCUT2D eigenvalue weighted by atomic mass is 79.9. The molecule has 0 radical (unpaired) electrons. The third kappa shape index (κ3) is 3.23. The molecule has 1 aliphatic rings. The fraction of sp³-hybridized carbons (Fsp3) is 0.500. The van der Waals surface area contributed by atoms with Gasteiger partial charge in [0.15, 0.2) is 3.92 Å². The lowest BCUT2D eigenvalue weighted by atomic mass is 9.89. The van der Waals surface area contributed by atoms with E-state index < -0.39 is 0 Å². The molecule has 0 atom stereocenters. The smallest absolute Gasteiger partial charge is 0.275 e. The van der Waals surface area contributed by atoms with Crippen molar-refractivity contribution < 1.29 is 9.53 Å². The maximum atomic E-state index is 12.1. The predicted octanol–water partition coefficient (Wildman–Crippen LogP) is 3.40. The van der Waals surface area contributed by atoms with Crippen molar-refractivity contribution in [3.8, 4) is 0 Å². The Labute approximate surface area is 141 Å². The second kappa shape index (κ2) is 6.47. The van der Waals surface area contributed by atoms with Gasteiger partial charge in [0.1, 0.15) is 5.69 Å². The van der Waals surface area contributed by atoms with E-state index in [1.54, 1.807) is 5.38 Å². The minimum Gasteiger partial charge on any atom is -0.378 e. The largest absolute Gasteiger partial charge is 0.378 e. The van der Waals surface area contributed by atoms with Gasteiger partial charge in [-0.15, -0.1) is 11.3 Å². The summed E-state index contributed by atoms with van der Waals surface area (Å²) in [5, 5.41) is 9.09. The molecule has 0 spiro atoms. The Morgan fingerprint density at radius 3 is 3.00 bits per heavy atom. The first-order chi connectivity index (χ1) is 10.6. The first kappa shape index (κ1) is 15.6. The number of thiazole rings is 1. The number of rotatable bonds is 5. The molecule has 3 rings (SSSR count). The fourth-order valence-corrected chi connectivity index (χ4v) is 3.45. The van der Waals surface area contributed by atoms with E-state index >= 15 is 0 Å². The number of aryl methyl sites for hydroxylation is 1. The van der Waals surface area contributed by atoms with Gasteiger partial charge in [0, 0.05) is 18.2 Å². The summed E-state index contributed by atoms with van der Waals surface area (Å²) in [6, 6.07) is 0.356. The van der Waals surface area contributed by atoms with Gasteiger partial charge in [-0.1, -0.05) is 0 Å². The number of carbonyl (C=O) groups is 1. The van der Waals surface area contributed by atoms with Crippen molar-refractivity contribution in [3.63, 3.8) is 0 Å². The van der Waals surface area contributed by atoms with Crippen molar-refractivity contribution >= 4 is 38.9 Å². The third-order valence-electron chi connectivity index (χ3n) is 3.72. The molecule has 118 valence electrons. The van der Waals surface area contributed by atoms with Crippen LogP contribution in [0.5, 0.6) is 0 Å². The van der Waals surface area contributed by atoms with Crippen LogP contribution in [0.3, 0.4) is 0 Å². The number of carbonyl (C=O) groups excluding carboxylic acids is 1. The number of ether oxygens (including phenoxy) is 1. The monoisotopic (exact) mass is 384 g/mol. The van der Waals surface area contributed by atoms with Gasteiger partial charge in [-0.2, -0.15) is 5.10 Å². The van der Waals surface area contributed by atoms with E-state index in [4.69, 9.17) is 4.74 Å². The lowest BCUT2D eigenvalue weighted by Crippen LogP contribution is -2.33. The Morgan fingerprint density at radius 2 is 2.36 bits per heavy atom. The molecule has 0 aliphatic heterocycles. The van der Waals surface area contributed by atoms with E-state index in [2.05, 4.69) is 31.3 Å². The molecule has 2 aromatic rings. The van der Waals surface area contributed by atoms with Gasteiger partial charge in [-0.25, -0.2) is 4.98 Å². The number of anilines is 1. The zero-order valence-corrected chi connectivity index (χ0v) is 14.8. The highest BCUT2D eigenvalue weighted by Gasteiger charge is 2.32. The Hall–Kier alpha value is -1.25. The molecule has 1 fully saturated rings. The normalized spacial score (nSPS) is 20.7. The molecule has 0 saturated heterocycles. The van der Waals surface area contributed by atoms with Gasteiger partial charge in [0.2, 0.25) is 0 Å². The molecule has 1 N–H and O–H groups in total. The van der Waals surface area contributed by atoms with Crippen molar-refractivity contribution in [2.45, 2.75) is 38.8 Å². The number of hydrogen-bond acceptors (Lipinski definition) is 5. The van der Waals surface area contributed by atoms with E-state index in [1.165, 1.54) is 11.3 Å². The van der Waals surface area contributed by atoms with Crippen molar-refractivity contribution in [1.82, 2.24) is 14.8 Å². The quantitative estimate of drug-likeness (QED) is 0.857. The average molecular weight is 385 g/mol. The molecule has 22 heavy (non-hydrogen) atoms. The first-order valence-corrected chi connectivity index (χ1v) is 8.83. The van der Waals surface area contributed by atoms with Crippen molar-refractivity contribution in [2.75, 3.05) is 11.9 Å². The van der Waals surface area contributed by atoms with Gasteiger partial charge in [-0.05, 0) is 42.6 Å². The summed E-state index contributed by atoms with van der Waals surface area (Å²) in [5.41, 5.74) is 1.94. The van der Waals surface area contributed by atoms with Crippen LogP contribution in [-0.4, -0.2) is 33.4 Å². The highest BCUT2D eigenvalue weighted by Crippen LogP contribution is 2.35. The van der Waals surface area contributed by atoms with Gasteiger partial charge < -0.3 is 10.1 Å². The number of nitrogens with zero attached hydrogens (tertiary/aromatic N) is 3. The zero-order chi connectivity index (χ0) is 15.7. The molecule has 1 saturated carbocycles. The standard InChI is InChI=1S/C14H17BrN4O2S/c1-3-21-10-4-9(5-10)19-6-11(8(2)18-19)16-13(20)12-7-22-14(15)17-12/h6-7,9-10H,3-5H2,1-2H3,(H,16,20). The topological polar surface area (TPSA) is 69.0 Å². The Bertz CT molecular complexity index is 678. The minimum atomic E-state index is -0.217. The van der Waals surface area contributed by atoms with Crippen LogP contribution in [0.2, 0.25) is 0 Å². The summed E-state index contributed by atoms with van der Waals surface area (Å²) in [7, 11) is 0. The van der Waals surface area contributed by atoms with Crippen molar-refractivity contribution in [2.24, 2.45) is 0 Å². The van der Waals surface area contributed by atoms with E-state index in [0.717, 1.165) is 30.8 Å². The number of nitrogens with one attached hydrogen (secondary N) is 1. The molecule has 2 aromatic heterocycles. The van der Waals surface area contributed by atoms with Crippen molar-refractivity contribution in [3.05, 3.63) is 26.9 Å². The molecule has 0 aromatic carbocycles. The Kier molecular flexibility index (Phi) is 4.60. The van der Waals surface area contributed by atoms with Gasteiger partial charge >= 0.3 is 0 Å². The lowest BCUT2D eigenvalue weighted by Gasteiger charge is -2.34. The predicted molar refractivity (Wildman–Crippen MR) is 88.4 cm³/mol. The second-order valence-corrected chi connectivity index (χ2v) is 7.38. The Balaban J connectivity index is 1.64. The molecular weight excluding hydrogens is 368 g/mol. The summed E-state index contributed by atoms with van der Waals surface area (Å²) < 4.78 is 8.19. The molecule has 1 amide bonds. The first-order valence-electron chi connectivity index (χ1n) is 7.16. The lowest BCUT2D eigenvalue weighted by molar-refractivity contribution is -0.0227. The minimum absolute atomic E-state index is 0.217. The van der Waals surface area contributed by atoms with Crippen LogP contribution in [0.1, 0.15) is 42.0 Å². The van der Waals surface area contributed by atoms with Crippen LogP contribution < -0.4 is 5.32 Å². The molecule has 8 heteroatoms. The van der Waals surface area contributed by atoms with Gasteiger partial charge in [-0.3, -0.25) is 9.48 Å². The molecule has 0 unspecified atom stereocenters. The van der Waals surface area contributed by atoms with Gasteiger partial charge in [0.05, 0.1) is 23.5 Å². The summed E-state index contributed by atoms with van der Waals surface area (Å²) in [6.07, 6.45) is 4.18. The molecule has 1 aliphatic carbocycles. The summed E-state index contributed by atoms with van der Waals surface area (Å²) in [6.45, 7) is 4.65. The Morgan fingerprint density at radius 1 is 1.59 bits per heavy atom. The number of hydrogen-bond donors (Lipinski definition) is 1. The van der Waals surface area contributed by atoms with Crippen LogP contribution in [-0.2, 0) is 4.74 Å². The summed E-state index contributed by atoms with van der Waals surface area (Å²) >= 11 is 4.64. The SMILES string of the molecule is CCOC1CC(n2cc(NC(=O)c3csc(Br)n3)c(C)n2)C1. The number of halogens is 1. The summed E-state index contributed by atoms with van der Waals surface area (Å²) in [4.78, 5) is 16.3. The van der Waals surface area contributed by atoms with Crippen LogP contribution in [0, 0.1) is 6.92 Å².